The summed E-state index contributed by atoms with van der Waals surface area (Å²) in [6.45, 7) is 0. The smallest absolute Gasteiger partial charge is 0.0472 e. The SMILES string of the molecule is Nc1cc(Cl)c(C2CC2)c(Br)c1. The lowest BCUT2D eigenvalue weighted by Crippen LogP contribution is -1.89. The van der Waals surface area contributed by atoms with Crippen LogP contribution in [-0.4, -0.2) is 0 Å². The van der Waals surface area contributed by atoms with Crippen molar-refractivity contribution in [3.8, 4) is 0 Å². The molecule has 0 bridgehead atoms. The summed E-state index contributed by atoms with van der Waals surface area (Å²) in [6, 6.07) is 3.74. The van der Waals surface area contributed by atoms with E-state index in [0.717, 1.165) is 15.2 Å². The summed E-state index contributed by atoms with van der Waals surface area (Å²) in [7, 11) is 0. The largest absolute Gasteiger partial charge is 0.399 e. The third-order valence-corrected chi connectivity index (χ3v) is 3.06. The fourth-order valence-electron chi connectivity index (χ4n) is 1.37. The Morgan fingerprint density at radius 3 is 2.58 bits per heavy atom. The van der Waals surface area contributed by atoms with E-state index < -0.39 is 0 Å². The van der Waals surface area contributed by atoms with Crippen LogP contribution in [0.2, 0.25) is 5.02 Å². The van der Waals surface area contributed by atoms with Gasteiger partial charge in [-0.25, -0.2) is 0 Å². The molecule has 2 rings (SSSR count). The zero-order valence-electron chi connectivity index (χ0n) is 6.48. The molecule has 3 heteroatoms. The molecule has 0 saturated heterocycles. The standard InChI is InChI=1S/C9H9BrClN/c10-7-3-6(12)4-8(11)9(7)5-1-2-5/h3-5H,1-2,12H2. The maximum absolute atomic E-state index is 6.06. The van der Waals surface area contributed by atoms with E-state index in [1.165, 1.54) is 18.4 Å². The van der Waals surface area contributed by atoms with Gasteiger partial charge in [-0.1, -0.05) is 27.5 Å². The maximum Gasteiger partial charge on any atom is 0.0472 e. The summed E-state index contributed by atoms with van der Waals surface area (Å²) in [5.41, 5.74) is 7.58. The van der Waals surface area contributed by atoms with Crippen LogP contribution in [-0.2, 0) is 0 Å². The van der Waals surface area contributed by atoms with Crippen LogP contribution >= 0.6 is 27.5 Å². The molecule has 1 aliphatic carbocycles. The molecule has 0 amide bonds. The van der Waals surface area contributed by atoms with Gasteiger partial charge in [-0.15, -0.1) is 0 Å². The first-order chi connectivity index (χ1) is 5.68. The number of benzene rings is 1. The number of nitrogens with two attached hydrogens (primary N) is 1. The molecule has 64 valence electrons. The van der Waals surface area contributed by atoms with Crippen LogP contribution in [0.4, 0.5) is 5.69 Å². The van der Waals surface area contributed by atoms with E-state index in [1.54, 1.807) is 0 Å². The zero-order chi connectivity index (χ0) is 8.72. The van der Waals surface area contributed by atoms with Gasteiger partial charge < -0.3 is 5.73 Å². The molecule has 0 unspecified atom stereocenters. The van der Waals surface area contributed by atoms with Crippen LogP contribution in [0.5, 0.6) is 0 Å². The predicted octanol–water partition coefficient (Wildman–Crippen LogP) is 3.56. The van der Waals surface area contributed by atoms with Crippen LogP contribution < -0.4 is 5.73 Å². The molecule has 1 nitrogen and oxygen atoms in total. The highest BCUT2D eigenvalue weighted by molar-refractivity contribution is 9.10. The Bertz CT molecular complexity index is 297. The second kappa shape index (κ2) is 2.93. The first-order valence-electron chi connectivity index (χ1n) is 3.93. The van der Waals surface area contributed by atoms with Crippen LogP contribution in [0.15, 0.2) is 16.6 Å². The molecule has 1 saturated carbocycles. The molecule has 0 aromatic heterocycles. The number of hydrogen-bond donors (Lipinski definition) is 1. The molecule has 1 aromatic rings. The van der Waals surface area contributed by atoms with E-state index in [4.69, 9.17) is 17.3 Å². The van der Waals surface area contributed by atoms with Crippen molar-refractivity contribution in [1.82, 2.24) is 0 Å². The topological polar surface area (TPSA) is 26.0 Å². The van der Waals surface area contributed by atoms with Crippen molar-refractivity contribution in [1.29, 1.82) is 0 Å². The Morgan fingerprint density at radius 2 is 2.08 bits per heavy atom. The molecular weight excluding hydrogens is 237 g/mol. The highest BCUT2D eigenvalue weighted by Gasteiger charge is 2.27. The lowest BCUT2D eigenvalue weighted by molar-refractivity contribution is 1.12. The number of nitrogen functional groups attached to an aromatic ring is 1. The number of anilines is 1. The molecule has 12 heavy (non-hydrogen) atoms. The van der Waals surface area contributed by atoms with Gasteiger partial charge in [0.25, 0.3) is 0 Å². The second-order valence-corrected chi connectivity index (χ2v) is 4.43. The van der Waals surface area contributed by atoms with Gasteiger partial charge in [0, 0.05) is 15.2 Å². The van der Waals surface area contributed by atoms with Crippen molar-refractivity contribution in [2.45, 2.75) is 18.8 Å². The van der Waals surface area contributed by atoms with Gasteiger partial charge in [-0.3, -0.25) is 0 Å². The quantitative estimate of drug-likeness (QED) is 0.753. The summed E-state index contributed by atoms with van der Waals surface area (Å²) < 4.78 is 1.05. The third-order valence-electron chi connectivity index (χ3n) is 2.09. The molecule has 0 radical (unpaired) electrons. The lowest BCUT2D eigenvalue weighted by Gasteiger charge is -2.06. The van der Waals surface area contributed by atoms with E-state index in [2.05, 4.69) is 15.9 Å². The van der Waals surface area contributed by atoms with Gasteiger partial charge in [0.1, 0.15) is 0 Å². The Hall–Kier alpha value is -0.210. The zero-order valence-corrected chi connectivity index (χ0v) is 8.82. The summed E-state index contributed by atoms with van der Waals surface area (Å²) in [4.78, 5) is 0. The Kier molecular flexibility index (Phi) is 2.05. The monoisotopic (exact) mass is 245 g/mol. The van der Waals surface area contributed by atoms with Crippen LogP contribution in [0.25, 0.3) is 0 Å². The number of rotatable bonds is 1. The molecule has 1 fully saturated rings. The number of halogens is 2. The predicted molar refractivity (Wildman–Crippen MR) is 55.5 cm³/mol. The van der Waals surface area contributed by atoms with E-state index in [0.29, 0.717) is 5.92 Å². The first-order valence-corrected chi connectivity index (χ1v) is 5.10. The van der Waals surface area contributed by atoms with E-state index in [9.17, 15) is 0 Å². The van der Waals surface area contributed by atoms with E-state index in [-0.39, 0.29) is 0 Å². The molecule has 0 atom stereocenters. The van der Waals surface area contributed by atoms with Crippen LogP contribution in [0.3, 0.4) is 0 Å². The van der Waals surface area contributed by atoms with Crippen molar-refractivity contribution in [3.63, 3.8) is 0 Å². The highest BCUT2D eigenvalue weighted by Crippen LogP contribution is 2.47. The third kappa shape index (κ3) is 1.46. The first kappa shape index (κ1) is 8.39. The summed E-state index contributed by atoms with van der Waals surface area (Å²) in [6.07, 6.45) is 2.50. The van der Waals surface area contributed by atoms with Crippen molar-refractivity contribution in [3.05, 3.63) is 27.2 Å². The Labute approximate surface area is 85.0 Å². The Balaban J connectivity index is 2.51. The van der Waals surface area contributed by atoms with Gasteiger partial charge in [0.05, 0.1) is 0 Å². The van der Waals surface area contributed by atoms with Crippen molar-refractivity contribution < 1.29 is 0 Å². The van der Waals surface area contributed by atoms with Crippen molar-refractivity contribution >= 4 is 33.2 Å². The lowest BCUT2D eigenvalue weighted by atomic mass is 10.1. The van der Waals surface area contributed by atoms with Gasteiger partial charge in [-0.05, 0) is 36.5 Å². The number of hydrogen-bond acceptors (Lipinski definition) is 1. The highest BCUT2D eigenvalue weighted by atomic mass is 79.9. The molecule has 2 N–H and O–H groups in total. The second-order valence-electron chi connectivity index (χ2n) is 3.17. The molecule has 1 aromatic carbocycles. The van der Waals surface area contributed by atoms with Gasteiger partial charge >= 0.3 is 0 Å². The molecule has 0 heterocycles. The van der Waals surface area contributed by atoms with Gasteiger partial charge in [0.2, 0.25) is 0 Å². The fourth-order valence-corrected chi connectivity index (χ4v) is 2.66. The molecule has 0 spiro atoms. The minimum Gasteiger partial charge on any atom is -0.399 e. The Morgan fingerprint density at radius 1 is 1.42 bits per heavy atom. The molecular formula is C9H9BrClN. The van der Waals surface area contributed by atoms with Crippen LogP contribution in [0, 0.1) is 0 Å². The van der Waals surface area contributed by atoms with Crippen LogP contribution in [0.1, 0.15) is 24.3 Å². The average Bonchev–Trinajstić information content (AvgIpc) is 2.68. The average molecular weight is 247 g/mol. The normalized spacial score (nSPS) is 16.5. The summed E-state index contributed by atoms with van der Waals surface area (Å²) in [5, 5.41) is 0.796. The molecule has 0 aliphatic heterocycles. The van der Waals surface area contributed by atoms with E-state index >= 15 is 0 Å². The van der Waals surface area contributed by atoms with Gasteiger partial charge in [-0.2, -0.15) is 0 Å². The summed E-state index contributed by atoms with van der Waals surface area (Å²) >= 11 is 9.53. The fraction of sp³-hybridized carbons (Fsp3) is 0.333. The maximum atomic E-state index is 6.06. The van der Waals surface area contributed by atoms with Gasteiger partial charge in [0.15, 0.2) is 0 Å². The van der Waals surface area contributed by atoms with Crippen molar-refractivity contribution in [2.24, 2.45) is 0 Å². The minimum absolute atomic E-state index is 0.660. The summed E-state index contributed by atoms with van der Waals surface area (Å²) in [5.74, 6) is 0.660. The van der Waals surface area contributed by atoms with E-state index in [1.807, 2.05) is 12.1 Å². The van der Waals surface area contributed by atoms with Crippen molar-refractivity contribution in [2.75, 3.05) is 5.73 Å². The minimum atomic E-state index is 0.660. The molecule has 1 aliphatic rings.